The number of hydrogen-bond donors (Lipinski definition) is 0. The molecule has 100 valence electrons. The zero-order valence-electron chi connectivity index (χ0n) is 11.0. The number of ether oxygens (including phenoxy) is 2. The molecule has 3 heterocycles. The Balaban J connectivity index is 1.61. The van der Waals surface area contributed by atoms with Gasteiger partial charge in [0.05, 0.1) is 31.0 Å². The van der Waals surface area contributed by atoms with Gasteiger partial charge in [-0.25, -0.2) is 4.98 Å². The molecule has 3 aliphatic rings. The average Bonchev–Trinajstić information content (AvgIpc) is 3.20. The van der Waals surface area contributed by atoms with Gasteiger partial charge in [-0.15, -0.1) is 0 Å². The molecule has 1 saturated carbocycles. The normalized spacial score (nSPS) is 23.1. The summed E-state index contributed by atoms with van der Waals surface area (Å²) in [6.07, 6.45) is 6.54. The van der Waals surface area contributed by atoms with E-state index in [1.165, 1.54) is 29.7 Å². The van der Waals surface area contributed by atoms with E-state index in [9.17, 15) is 0 Å². The summed E-state index contributed by atoms with van der Waals surface area (Å²) in [5.41, 5.74) is 3.71. The highest BCUT2D eigenvalue weighted by atomic mass is 16.5. The van der Waals surface area contributed by atoms with Gasteiger partial charge in [-0.2, -0.15) is 0 Å². The summed E-state index contributed by atoms with van der Waals surface area (Å²) in [5.74, 6) is 1.45. The van der Waals surface area contributed by atoms with E-state index < -0.39 is 0 Å². The number of pyridine rings is 1. The largest absolute Gasteiger partial charge is 0.474 e. The molecule has 0 radical (unpaired) electrons. The van der Waals surface area contributed by atoms with Crippen LogP contribution in [0.5, 0.6) is 5.88 Å². The first-order valence-corrected chi connectivity index (χ1v) is 7.19. The topological polar surface area (TPSA) is 43.7 Å². The summed E-state index contributed by atoms with van der Waals surface area (Å²) in [4.78, 5) is 9.15. The Labute approximate surface area is 112 Å². The average molecular weight is 258 g/mol. The van der Waals surface area contributed by atoms with Crippen LogP contribution >= 0.6 is 0 Å². The molecule has 0 amide bonds. The Hall–Kier alpha value is -1.42. The Kier molecular flexibility index (Phi) is 2.76. The molecule has 4 nitrogen and oxygen atoms in total. The van der Waals surface area contributed by atoms with Crippen LogP contribution < -0.4 is 4.74 Å². The van der Waals surface area contributed by atoms with Gasteiger partial charge in [-0.05, 0) is 24.5 Å². The second-order valence-corrected chi connectivity index (χ2v) is 5.56. The minimum Gasteiger partial charge on any atom is -0.474 e. The number of fused-ring (bicyclic) bond motifs is 1. The molecule has 1 aliphatic carbocycles. The molecule has 0 bridgehead atoms. The third-order valence-electron chi connectivity index (χ3n) is 4.09. The zero-order valence-corrected chi connectivity index (χ0v) is 11.0. The first-order chi connectivity index (χ1) is 9.42. The molecule has 0 N–H and O–H groups in total. The van der Waals surface area contributed by atoms with Crippen molar-refractivity contribution in [3.63, 3.8) is 0 Å². The summed E-state index contributed by atoms with van der Waals surface area (Å²) < 4.78 is 11.5. The molecular formula is C15H18N2O2. The van der Waals surface area contributed by atoms with E-state index in [4.69, 9.17) is 14.5 Å². The fourth-order valence-electron chi connectivity index (χ4n) is 2.87. The third kappa shape index (κ3) is 2.14. The van der Waals surface area contributed by atoms with Crippen LogP contribution in [0.4, 0.5) is 0 Å². The summed E-state index contributed by atoms with van der Waals surface area (Å²) >= 11 is 0. The fraction of sp³-hybridized carbons (Fsp3) is 0.600. The van der Waals surface area contributed by atoms with Gasteiger partial charge < -0.3 is 9.47 Å². The Morgan fingerprint density at radius 1 is 1.16 bits per heavy atom. The Morgan fingerprint density at radius 2 is 2.00 bits per heavy atom. The molecule has 4 rings (SSSR count). The molecule has 0 spiro atoms. The van der Waals surface area contributed by atoms with Crippen LogP contribution in [0.1, 0.15) is 36.8 Å². The molecular weight excluding hydrogens is 240 g/mol. The van der Waals surface area contributed by atoms with Crippen molar-refractivity contribution in [1.82, 2.24) is 4.98 Å². The maximum Gasteiger partial charge on any atom is 0.223 e. The van der Waals surface area contributed by atoms with Crippen molar-refractivity contribution in [2.45, 2.75) is 38.3 Å². The quantitative estimate of drug-likeness (QED) is 0.836. The molecule has 19 heavy (non-hydrogen) atoms. The van der Waals surface area contributed by atoms with Crippen molar-refractivity contribution in [2.75, 3.05) is 13.2 Å². The van der Waals surface area contributed by atoms with E-state index in [1.807, 2.05) is 6.20 Å². The molecule has 0 atom stereocenters. The molecule has 2 fully saturated rings. The van der Waals surface area contributed by atoms with Gasteiger partial charge >= 0.3 is 0 Å². The van der Waals surface area contributed by atoms with Gasteiger partial charge in [0.2, 0.25) is 5.88 Å². The van der Waals surface area contributed by atoms with Crippen LogP contribution in [-0.4, -0.2) is 30.0 Å². The molecule has 0 unspecified atom stereocenters. The highest BCUT2D eigenvalue weighted by Gasteiger charge is 2.35. The lowest BCUT2D eigenvalue weighted by atomic mass is 10.0. The van der Waals surface area contributed by atoms with E-state index in [0.29, 0.717) is 5.92 Å². The second-order valence-electron chi connectivity index (χ2n) is 5.56. The van der Waals surface area contributed by atoms with Crippen LogP contribution in [0.2, 0.25) is 0 Å². The molecule has 1 saturated heterocycles. The van der Waals surface area contributed by atoms with E-state index in [0.717, 1.165) is 38.5 Å². The SMILES string of the molecule is c1cc2c(c(OC3CCOCC3)n1)C(C1CC1)=NC2. The number of hydrogen-bond acceptors (Lipinski definition) is 4. The number of rotatable bonds is 3. The van der Waals surface area contributed by atoms with Gasteiger partial charge in [-0.3, -0.25) is 4.99 Å². The maximum absolute atomic E-state index is 6.13. The highest BCUT2D eigenvalue weighted by Crippen LogP contribution is 2.40. The number of nitrogens with zero attached hydrogens (tertiary/aromatic N) is 2. The standard InChI is InChI=1S/C15H18N2O2/c1-2-10(1)14-13-11(9-17-14)3-6-16-15(13)19-12-4-7-18-8-5-12/h3,6,10,12H,1-2,4-5,7-9H2. The summed E-state index contributed by atoms with van der Waals surface area (Å²) in [6, 6.07) is 2.07. The van der Waals surface area contributed by atoms with Crippen molar-refractivity contribution in [3.8, 4) is 5.88 Å². The predicted octanol–water partition coefficient (Wildman–Crippen LogP) is 2.35. The minimum absolute atomic E-state index is 0.244. The van der Waals surface area contributed by atoms with Crippen LogP contribution in [-0.2, 0) is 11.3 Å². The first-order valence-electron chi connectivity index (χ1n) is 7.19. The fourth-order valence-corrected chi connectivity index (χ4v) is 2.87. The first kappa shape index (κ1) is 11.4. The van der Waals surface area contributed by atoms with E-state index >= 15 is 0 Å². The zero-order chi connectivity index (χ0) is 12.7. The van der Waals surface area contributed by atoms with Crippen LogP contribution in [0, 0.1) is 5.92 Å². The van der Waals surface area contributed by atoms with Gasteiger partial charge in [0, 0.05) is 25.0 Å². The molecule has 1 aromatic rings. The van der Waals surface area contributed by atoms with E-state index in [2.05, 4.69) is 11.1 Å². The third-order valence-corrected chi connectivity index (χ3v) is 4.09. The van der Waals surface area contributed by atoms with E-state index in [1.54, 1.807) is 0 Å². The van der Waals surface area contributed by atoms with Crippen molar-refractivity contribution in [3.05, 3.63) is 23.4 Å². The molecule has 4 heteroatoms. The van der Waals surface area contributed by atoms with Crippen LogP contribution in [0.15, 0.2) is 17.3 Å². The summed E-state index contributed by atoms with van der Waals surface area (Å²) in [7, 11) is 0. The number of aromatic nitrogens is 1. The lowest BCUT2D eigenvalue weighted by Gasteiger charge is -2.23. The van der Waals surface area contributed by atoms with Crippen LogP contribution in [0.3, 0.4) is 0 Å². The monoisotopic (exact) mass is 258 g/mol. The maximum atomic E-state index is 6.13. The molecule has 0 aromatic carbocycles. The summed E-state index contributed by atoms with van der Waals surface area (Å²) in [5, 5.41) is 0. The predicted molar refractivity (Wildman–Crippen MR) is 71.7 cm³/mol. The molecule has 2 aliphatic heterocycles. The lowest BCUT2D eigenvalue weighted by molar-refractivity contribution is 0.0236. The minimum atomic E-state index is 0.244. The Bertz CT molecular complexity index is 517. The van der Waals surface area contributed by atoms with Gasteiger partial charge in [-0.1, -0.05) is 0 Å². The second kappa shape index (κ2) is 4.60. The molecule has 1 aromatic heterocycles. The van der Waals surface area contributed by atoms with Crippen molar-refractivity contribution < 1.29 is 9.47 Å². The summed E-state index contributed by atoms with van der Waals surface area (Å²) in [6.45, 7) is 2.39. The van der Waals surface area contributed by atoms with Gasteiger partial charge in [0.15, 0.2) is 0 Å². The number of aliphatic imine (C=N–C) groups is 1. The van der Waals surface area contributed by atoms with Crippen LogP contribution in [0.25, 0.3) is 0 Å². The van der Waals surface area contributed by atoms with Crippen molar-refractivity contribution >= 4 is 5.71 Å². The van der Waals surface area contributed by atoms with Crippen molar-refractivity contribution in [2.24, 2.45) is 10.9 Å². The lowest BCUT2D eigenvalue weighted by Crippen LogP contribution is -2.27. The van der Waals surface area contributed by atoms with Gasteiger partial charge in [0.1, 0.15) is 6.10 Å². The smallest absolute Gasteiger partial charge is 0.223 e. The van der Waals surface area contributed by atoms with Gasteiger partial charge in [0.25, 0.3) is 0 Å². The highest BCUT2D eigenvalue weighted by molar-refractivity contribution is 6.08. The van der Waals surface area contributed by atoms with Crippen molar-refractivity contribution in [1.29, 1.82) is 0 Å². The van der Waals surface area contributed by atoms with E-state index in [-0.39, 0.29) is 6.10 Å². The Morgan fingerprint density at radius 3 is 2.79 bits per heavy atom.